The number of amides is 2. The Morgan fingerprint density at radius 1 is 0.844 bits per heavy atom. The van der Waals surface area contributed by atoms with Crippen molar-refractivity contribution in [3.05, 3.63) is 125 Å². The van der Waals surface area contributed by atoms with Gasteiger partial charge in [-0.05, 0) is 60.9 Å². The first-order valence-corrected chi connectivity index (χ1v) is 17.1. The molecule has 0 aliphatic heterocycles. The number of halogens is 1. The molecule has 0 radical (unpaired) electrons. The summed E-state index contributed by atoms with van der Waals surface area (Å²) in [6, 6.07) is 30.8. The monoisotopic (exact) mass is 691 g/mol. The zero-order valence-electron chi connectivity index (χ0n) is 25.4. The van der Waals surface area contributed by atoms with Gasteiger partial charge in [0.25, 0.3) is 10.0 Å². The van der Waals surface area contributed by atoms with Gasteiger partial charge in [-0.25, -0.2) is 8.42 Å². The number of nitrogens with one attached hydrogen (secondary N) is 1. The first-order valence-electron chi connectivity index (χ1n) is 14.9. The van der Waals surface area contributed by atoms with Crippen LogP contribution in [0.3, 0.4) is 0 Å². The largest absolute Gasteiger partial charge is 0.492 e. The van der Waals surface area contributed by atoms with Crippen molar-refractivity contribution in [3.63, 3.8) is 0 Å². The number of benzene rings is 4. The topological polar surface area (TPSA) is 96.0 Å². The van der Waals surface area contributed by atoms with Crippen molar-refractivity contribution in [2.24, 2.45) is 0 Å². The lowest BCUT2D eigenvalue weighted by atomic mass is 10.0. The molecular weight excluding hydrogens is 654 g/mol. The average Bonchev–Trinajstić information content (AvgIpc) is 3.05. The summed E-state index contributed by atoms with van der Waals surface area (Å²) >= 11 is 3.50. The molecule has 0 saturated heterocycles. The Labute approximate surface area is 274 Å². The van der Waals surface area contributed by atoms with Crippen molar-refractivity contribution in [2.75, 3.05) is 24.0 Å². The lowest BCUT2D eigenvalue weighted by Crippen LogP contribution is -2.53. The number of ether oxygens (including phenoxy) is 1. The van der Waals surface area contributed by atoms with E-state index >= 15 is 0 Å². The van der Waals surface area contributed by atoms with Crippen LogP contribution in [0.15, 0.2) is 119 Å². The minimum absolute atomic E-state index is 0.0316. The highest BCUT2D eigenvalue weighted by atomic mass is 79.9. The zero-order chi connectivity index (χ0) is 32.2. The molecule has 0 aliphatic rings. The van der Waals surface area contributed by atoms with E-state index in [1.54, 1.807) is 49.4 Å². The first-order chi connectivity index (χ1) is 21.7. The number of hydrogen-bond donors (Lipinski definition) is 1. The van der Waals surface area contributed by atoms with Crippen LogP contribution in [0.2, 0.25) is 0 Å². The van der Waals surface area contributed by atoms with Crippen molar-refractivity contribution in [1.29, 1.82) is 0 Å². The quantitative estimate of drug-likeness (QED) is 0.160. The predicted molar refractivity (Wildman–Crippen MR) is 181 cm³/mol. The number of para-hydroxylation sites is 2. The van der Waals surface area contributed by atoms with E-state index in [0.29, 0.717) is 18.9 Å². The molecule has 2 amide bonds. The molecule has 45 heavy (non-hydrogen) atoms. The van der Waals surface area contributed by atoms with E-state index in [4.69, 9.17) is 4.74 Å². The summed E-state index contributed by atoms with van der Waals surface area (Å²) in [4.78, 5) is 29.8. The van der Waals surface area contributed by atoms with Crippen molar-refractivity contribution in [2.45, 2.75) is 44.2 Å². The Kier molecular flexibility index (Phi) is 12.2. The van der Waals surface area contributed by atoms with Gasteiger partial charge in [-0.15, -0.1) is 0 Å². The third-order valence-electron chi connectivity index (χ3n) is 7.11. The number of sulfonamides is 1. The second-order valence-electron chi connectivity index (χ2n) is 10.4. The summed E-state index contributed by atoms with van der Waals surface area (Å²) in [5.74, 6) is -0.517. The lowest BCUT2D eigenvalue weighted by molar-refractivity contribution is -0.140. The Balaban J connectivity index is 1.82. The summed E-state index contributed by atoms with van der Waals surface area (Å²) in [6.45, 7) is 4.04. The molecule has 0 spiro atoms. The fourth-order valence-electron chi connectivity index (χ4n) is 4.93. The normalized spacial score (nSPS) is 11.8. The molecule has 0 fully saturated rings. The van der Waals surface area contributed by atoms with Crippen LogP contribution >= 0.6 is 15.9 Å². The molecular formula is C35H38BrN3O5S. The van der Waals surface area contributed by atoms with Crippen LogP contribution in [-0.4, -0.2) is 50.9 Å². The van der Waals surface area contributed by atoms with Gasteiger partial charge in [-0.1, -0.05) is 95.7 Å². The molecule has 0 saturated carbocycles. The first kappa shape index (κ1) is 33.7. The molecule has 0 aromatic heterocycles. The average molecular weight is 693 g/mol. The van der Waals surface area contributed by atoms with Gasteiger partial charge in [0.05, 0.1) is 17.2 Å². The highest BCUT2D eigenvalue weighted by molar-refractivity contribution is 9.10. The number of hydrogen-bond acceptors (Lipinski definition) is 5. The minimum Gasteiger partial charge on any atom is -0.492 e. The van der Waals surface area contributed by atoms with E-state index in [2.05, 4.69) is 21.2 Å². The number of rotatable bonds is 15. The molecule has 0 bridgehead atoms. The van der Waals surface area contributed by atoms with E-state index in [1.165, 1.54) is 17.0 Å². The highest BCUT2D eigenvalue weighted by Gasteiger charge is 2.35. The molecule has 10 heteroatoms. The Morgan fingerprint density at radius 2 is 1.49 bits per heavy atom. The van der Waals surface area contributed by atoms with Crippen LogP contribution in [0.1, 0.15) is 31.4 Å². The molecule has 8 nitrogen and oxygen atoms in total. The molecule has 236 valence electrons. The highest BCUT2D eigenvalue weighted by Crippen LogP contribution is 2.33. The maximum atomic E-state index is 14.6. The fourth-order valence-corrected chi connectivity index (χ4v) is 6.82. The van der Waals surface area contributed by atoms with Crippen LogP contribution in [0.4, 0.5) is 5.69 Å². The van der Waals surface area contributed by atoms with Gasteiger partial charge in [0.1, 0.15) is 18.3 Å². The van der Waals surface area contributed by atoms with Gasteiger partial charge >= 0.3 is 0 Å². The number of anilines is 1. The number of nitrogens with zero attached hydrogens (tertiary/aromatic N) is 2. The van der Waals surface area contributed by atoms with Crippen molar-refractivity contribution in [3.8, 4) is 5.75 Å². The standard InChI is InChI=1S/C35H38BrN3O5S/c1-3-22-37-35(41)32(24-27-14-7-5-8-15-27)38(25-28-16-13-17-29(36)23-28)34(40)26-39(31-20-11-12-21-33(31)44-4-2)45(42,43)30-18-9-6-10-19-30/h5-21,23,32H,3-4,22,24-26H2,1-2H3,(H,37,41)/t32-/m0/s1. The van der Waals surface area contributed by atoms with Crippen LogP contribution in [0.5, 0.6) is 5.75 Å². The maximum absolute atomic E-state index is 14.6. The maximum Gasteiger partial charge on any atom is 0.264 e. The van der Waals surface area contributed by atoms with Crippen LogP contribution in [0, 0.1) is 0 Å². The van der Waals surface area contributed by atoms with Gasteiger partial charge in [0.15, 0.2) is 0 Å². The molecule has 0 aliphatic carbocycles. The molecule has 1 atom stereocenters. The Hall–Kier alpha value is -4.15. The second kappa shape index (κ2) is 16.2. The van der Waals surface area contributed by atoms with E-state index in [-0.39, 0.29) is 29.5 Å². The van der Waals surface area contributed by atoms with Crippen molar-refractivity contribution < 1.29 is 22.7 Å². The molecule has 1 N–H and O–H groups in total. The van der Waals surface area contributed by atoms with Gasteiger partial charge in [-0.2, -0.15) is 0 Å². The van der Waals surface area contributed by atoms with Crippen molar-refractivity contribution >= 4 is 43.5 Å². The minimum atomic E-state index is -4.22. The van der Waals surface area contributed by atoms with Crippen LogP contribution in [0.25, 0.3) is 0 Å². The fraction of sp³-hybridized carbons (Fsp3) is 0.257. The molecule has 0 heterocycles. The predicted octanol–water partition coefficient (Wildman–Crippen LogP) is 6.21. The van der Waals surface area contributed by atoms with Gasteiger partial charge in [-0.3, -0.25) is 13.9 Å². The molecule has 4 aromatic carbocycles. The third-order valence-corrected chi connectivity index (χ3v) is 9.37. The van der Waals surface area contributed by atoms with Crippen LogP contribution < -0.4 is 14.4 Å². The smallest absolute Gasteiger partial charge is 0.264 e. The third kappa shape index (κ3) is 8.95. The summed E-state index contributed by atoms with van der Waals surface area (Å²) in [6.07, 6.45) is 0.970. The van der Waals surface area contributed by atoms with E-state index in [0.717, 1.165) is 26.3 Å². The van der Waals surface area contributed by atoms with Gasteiger partial charge in [0, 0.05) is 24.0 Å². The van der Waals surface area contributed by atoms with E-state index in [1.807, 2.05) is 61.5 Å². The van der Waals surface area contributed by atoms with Crippen LogP contribution in [-0.2, 0) is 32.6 Å². The second-order valence-corrected chi connectivity index (χ2v) is 13.2. The zero-order valence-corrected chi connectivity index (χ0v) is 27.8. The lowest BCUT2D eigenvalue weighted by Gasteiger charge is -2.34. The summed E-state index contributed by atoms with van der Waals surface area (Å²) in [5, 5.41) is 2.96. The molecule has 0 unspecified atom stereocenters. The Morgan fingerprint density at radius 3 is 2.16 bits per heavy atom. The molecule has 4 aromatic rings. The van der Waals surface area contributed by atoms with Crippen molar-refractivity contribution in [1.82, 2.24) is 10.2 Å². The SMILES string of the molecule is CCCNC(=O)[C@H](Cc1ccccc1)N(Cc1cccc(Br)c1)C(=O)CN(c1ccccc1OCC)S(=O)(=O)c1ccccc1. The van der Waals surface area contributed by atoms with E-state index < -0.39 is 28.5 Å². The number of carbonyl (C=O) groups excluding carboxylic acids is 2. The summed E-state index contributed by atoms with van der Waals surface area (Å²) < 4.78 is 36.1. The molecule has 4 rings (SSSR count). The summed E-state index contributed by atoms with van der Waals surface area (Å²) in [5.41, 5.74) is 1.89. The van der Waals surface area contributed by atoms with E-state index in [9.17, 15) is 18.0 Å². The van der Waals surface area contributed by atoms with Gasteiger partial charge in [0.2, 0.25) is 11.8 Å². The number of carbonyl (C=O) groups is 2. The summed E-state index contributed by atoms with van der Waals surface area (Å²) in [7, 11) is -4.22. The van der Waals surface area contributed by atoms with Gasteiger partial charge < -0.3 is 15.0 Å². The Bertz CT molecular complexity index is 1670.